The number of carboxylic acid groups (broad SMARTS) is 1. The molecule has 0 saturated carbocycles. The van der Waals surface area contributed by atoms with Crippen molar-refractivity contribution in [3.05, 3.63) is 0 Å². The van der Waals surface area contributed by atoms with Gasteiger partial charge in [-0.15, -0.1) is 0 Å². The van der Waals surface area contributed by atoms with E-state index in [9.17, 15) is 19.5 Å². The topological polar surface area (TPSA) is 110 Å². The summed E-state index contributed by atoms with van der Waals surface area (Å²) in [7, 11) is 0. The summed E-state index contributed by atoms with van der Waals surface area (Å²) in [6, 6.07) is 0. The Labute approximate surface area is 148 Å². The van der Waals surface area contributed by atoms with Gasteiger partial charge in [0, 0.05) is 0 Å². The lowest BCUT2D eigenvalue weighted by Crippen LogP contribution is -2.43. The normalized spacial score (nSPS) is 22.6. The first-order valence-corrected chi connectivity index (χ1v) is 9.21. The third-order valence-electron chi connectivity index (χ3n) is 4.34. The molecule has 1 fully saturated rings. The van der Waals surface area contributed by atoms with Gasteiger partial charge in [-0.1, -0.05) is 51.4 Å². The highest BCUT2D eigenvalue weighted by atomic mass is 16.5. The van der Waals surface area contributed by atoms with Crippen molar-refractivity contribution in [1.82, 2.24) is 0 Å². The van der Waals surface area contributed by atoms with Crippen LogP contribution in [0.5, 0.6) is 0 Å². The van der Waals surface area contributed by atoms with E-state index in [-0.39, 0.29) is 13.2 Å². The maximum atomic E-state index is 11.8. The van der Waals surface area contributed by atoms with Crippen molar-refractivity contribution >= 4 is 17.9 Å². The molecule has 25 heavy (non-hydrogen) atoms. The number of carboxylic acids is 1. The Hall–Kier alpha value is -1.63. The molecule has 144 valence electrons. The Morgan fingerprint density at radius 3 is 1.36 bits per heavy atom. The van der Waals surface area contributed by atoms with Gasteiger partial charge in [-0.2, -0.15) is 0 Å². The Morgan fingerprint density at radius 2 is 1.04 bits per heavy atom. The zero-order chi connectivity index (χ0) is 18.5. The van der Waals surface area contributed by atoms with Gasteiger partial charge in [0.1, 0.15) is 0 Å². The fourth-order valence-electron chi connectivity index (χ4n) is 2.78. The third kappa shape index (κ3) is 9.43. The fraction of sp³-hybridized carbons (Fsp3) is 0.833. The predicted molar refractivity (Wildman–Crippen MR) is 89.9 cm³/mol. The lowest BCUT2D eigenvalue weighted by molar-refractivity contribution is -0.173. The molecule has 2 N–H and O–H groups in total. The lowest BCUT2D eigenvalue weighted by Gasteiger charge is -2.21. The average Bonchev–Trinajstić information content (AvgIpc) is 2.54. The zero-order valence-corrected chi connectivity index (χ0v) is 14.8. The van der Waals surface area contributed by atoms with E-state index >= 15 is 0 Å². The van der Waals surface area contributed by atoms with E-state index in [0.717, 1.165) is 38.5 Å². The number of rotatable bonds is 1. The molecule has 0 spiro atoms. The summed E-state index contributed by atoms with van der Waals surface area (Å²) in [6.45, 7) is 0.387. The minimum absolute atomic E-state index is 0.193. The van der Waals surface area contributed by atoms with Crippen molar-refractivity contribution in [3.8, 4) is 0 Å². The van der Waals surface area contributed by atoms with E-state index in [0.29, 0.717) is 12.8 Å². The lowest BCUT2D eigenvalue weighted by atomic mass is 9.96. The SMILES string of the molecule is O=C1CC(O)(C(=O)O)CC(=O)OCCCCCCCCCCCCO1. The van der Waals surface area contributed by atoms with Crippen LogP contribution in [0.4, 0.5) is 0 Å². The summed E-state index contributed by atoms with van der Waals surface area (Å²) < 4.78 is 9.95. The number of ether oxygens (including phenoxy) is 2. The summed E-state index contributed by atoms with van der Waals surface area (Å²) in [5.74, 6) is -3.28. The maximum Gasteiger partial charge on any atom is 0.336 e. The molecule has 0 unspecified atom stereocenters. The standard InChI is InChI=1S/C18H30O7/c19-15-13-18(23,17(21)22)14-16(20)25-12-10-8-6-4-2-1-3-5-7-9-11-24-15/h23H,1-14H2,(H,21,22). The molecule has 1 saturated heterocycles. The van der Waals surface area contributed by atoms with Crippen LogP contribution in [-0.2, 0) is 23.9 Å². The van der Waals surface area contributed by atoms with Gasteiger partial charge in [0.25, 0.3) is 0 Å². The summed E-state index contributed by atoms with van der Waals surface area (Å²) in [5.41, 5.74) is -2.49. The number of cyclic esters (lactones) is 2. The Balaban J connectivity index is 2.57. The first-order chi connectivity index (χ1) is 11.9. The van der Waals surface area contributed by atoms with Gasteiger partial charge in [0.05, 0.1) is 26.1 Å². The molecule has 1 heterocycles. The van der Waals surface area contributed by atoms with E-state index in [1.165, 1.54) is 12.8 Å². The Morgan fingerprint density at radius 1 is 0.720 bits per heavy atom. The molecule has 0 aromatic heterocycles. The van der Waals surface area contributed by atoms with Gasteiger partial charge in [0.2, 0.25) is 0 Å². The van der Waals surface area contributed by atoms with Gasteiger partial charge < -0.3 is 19.7 Å². The number of carbonyl (C=O) groups is 3. The molecule has 0 aromatic rings. The second kappa shape index (κ2) is 11.8. The first kappa shape index (κ1) is 21.4. The summed E-state index contributed by atoms with van der Waals surface area (Å²) in [5, 5.41) is 19.3. The molecule has 1 aliphatic heterocycles. The molecule has 0 atom stereocenters. The number of aliphatic hydroxyl groups is 1. The monoisotopic (exact) mass is 358 g/mol. The molecule has 0 radical (unpaired) electrons. The van der Waals surface area contributed by atoms with E-state index < -0.39 is 36.4 Å². The van der Waals surface area contributed by atoms with Crippen molar-refractivity contribution in [1.29, 1.82) is 0 Å². The Bertz CT molecular complexity index is 403. The van der Waals surface area contributed by atoms with Crippen LogP contribution in [0.1, 0.15) is 77.0 Å². The second-order valence-corrected chi connectivity index (χ2v) is 6.67. The fourth-order valence-corrected chi connectivity index (χ4v) is 2.78. The molecule has 0 bridgehead atoms. The van der Waals surface area contributed by atoms with Crippen molar-refractivity contribution < 1.29 is 34.1 Å². The second-order valence-electron chi connectivity index (χ2n) is 6.67. The molecule has 0 amide bonds. The molecule has 1 rings (SSSR count). The predicted octanol–water partition coefficient (Wildman–Crippen LogP) is 2.58. The minimum atomic E-state index is -2.49. The summed E-state index contributed by atoms with van der Waals surface area (Å²) >= 11 is 0. The van der Waals surface area contributed by atoms with Gasteiger partial charge in [0.15, 0.2) is 5.60 Å². The highest BCUT2D eigenvalue weighted by Crippen LogP contribution is 2.19. The van der Waals surface area contributed by atoms with Crippen molar-refractivity contribution in [2.45, 2.75) is 82.7 Å². The number of hydrogen-bond acceptors (Lipinski definition) is 6. The van der Waals surface area contributed by atoms with Gasteiger partial charge in [-0.05, 0) is 12.8 Å². The molecule has 0 aliphatic carbocycles. The van der Waals surface area contributed by atoms with Crippen molar-refractivity contribution in [3.63, 3.8) is 0 Å². The zero-order valence-electron chi connectivity index (χ0n) is 14.8. The van der Waals surface area contributed by atoms with Crippen LogP contribution < -0.4 is 0 Å². The third-order valence-corrected chi connectivity index (χ3v) is 4.34. The molecular weight excluding hydrogens is 328 g/mol. The van der Waals surface area contributed by atoms with Crippen LogP contribution >= 0.6 is 0 Å². The highest BCUT2D eigenvalue weighted by molar-refractivity contribution is 5.88. The van der Waals surface area contributed by atoms with Crippen LogP contribution in [0.3, 0.4) is 0 Å². The van der Waals surface area contributed by atoms with Crippen LogP contribution in [0.15, 0.2) is 0 Å². The molecule has 0 aromatic carbocycles. The molecule has 1 aliphatic rings. The van der Waals surface area contributed by atoms with Gasteiger partial charge in [-0.3, -0.25) is 9.59 Å². The van der Waals surface area contributed by atoms with Gasteiger partial charge >= 0.3 is 17.9 Å². The number of aliphatic carboxylic acids is 1. The van der Waals surface area contributed by atoms with Crippen molar-refractivity contribution in [2.75, 3.05) is 13.2 Å². The minimum Gasteiger partial charge on any atom is -0.479 e. The van der Waals surface area contributed by atoms with E-state index in [2.05, 4.69) is 0 Å². The molecule has 7 heteroatoms. The van der Waals surface area contributed by atoms with E-state index in [1.807, 2.05) is 0 Å². The number of hydrogen-bond donors (Lipinski definition) is 2. The van der Waals surface area contributed by atoms with Gasteiger partial charge in [-0.25, -0.2) is 4.79 Å². The molecular formula is C18H30O7. The van der Waals surface area contributed by atoms with Crippen LogP contribution in [0.2, 0.25) is 0 Å². The maximum absolute atomic E-state index is 11.8. The van der Waals surface area contributed by atoms with E-state index in [4.69, 9.17) is 14.6 Å². The van der Waals surface area contributed by atoms with E-state index in [1.54, 1.807) is 0 Å². The summed E-state index contributed by atoms with van der Waals surface area (Å²) in [4.78, 5) is 34.8. The number of esters is 2. The quantitative estimate of drug-likeness (QED) is 0.693. The largest absolute Gasteiger partial charge is 0.479 e. The Kier molecular flexibility index (Phi) is 10.1. The van der Waals surface area contributed by atoms with Crippen LogP contribution in [0.25, 0.3) is 0 Å². The number of carbonyl (C=O) groups excluding carboxylic acids is 2. The molecule has 7 nitrogen and oxygen atoms in total. The highest BCUT2D eigenvalue weighted by Gasteiger charge is 2.41. The summed E-state index contributed by atoms with van der Waals surface area (Å²) in [6.07, 6.45) is 8.65. The smallest absolute Gasteiger partial charge is 0.336 e. The first-order valence-electron chi connectivity index (χ1n) is 9.21. The van der Waals surface area contributed by atoms with Crippen LogP contribution in [0, 0.1) is 0 Å². The average molecular weight is 358 g/mol. The van der Waals surface area contributed by atoms with Crippen molar-refractivity contribution in [2.24, 2.45) is 0 Å². The van der Waals surface area contributed by atoms with Crippen LogP contribution in [-0.4, -0.2) is 46.9 Å².